The molecule has 0 aromatic heterocycles. The molecule has 0 fully saturated rings. The van der Waals surface area contributed by atoms with Crippen molar-refractivity contribution < 1.29 is 23.2 Å². The molecule has 1 aromatic carbocycles. The Morgan fingerprint density at radius 3 is 2.13 bits per heavy atom. The molecule has 0 atom stereocenters. The molecule has 15 heavy (non-hydrogen) atoms. The van der Waals surface area contributed by atoms with Crippen LogP contribution in [0, 0.1) is 0 Å². The molecule has 0 aliphatic rings. The van der Waals surface area contributed by atoms with Crippen LogP contribution < -0.4 is 0 Å². The standard InChI is InChI=1S/C8H7NO2.CHF3/c10-8(6-9-11)7-4-2-1-3-5-7;2-1(3)4/h1-6,11H;1H. The van der Waals surface area contributed by atoms with E-state index in [4.69, 9.17) is 5.21 Å². The maximum Gasteiger partial charge on any atom is 0.379 e. The molecule has 3 nitrogen and oxygen atoms in total. The van der Waals surface area contributed by atoms with Crippen molar-refractivity contribution in [2.75, 3.05) is 0 Å². The molecule has 0 amide bonds. The molecule has 0 aliphatic carbocycles. The van der Waals surface area contributed by atoms with Crippen LogP contribution >= 0.6 is 0 Å². The summed E-state index contributed by atoms with van der Waals surface area (Å²) in [5, 5.41) is 10.7. The van der Waals surface area contributed by atoms with E-state index in [1.54, 1.807) is 24.3 Å². The van der Waals surface area contributed by atoms with Gasteiger partial charge in [0.05, 0.1) is 0 Å². The maximum atomic E-state index is 10.9. The van der Waals surface area contributed by atoms with Gasteiger partial charge in [-0.05, 0) is 0 Å². The Hall–Kier alpha value is -1.85. The number of rotatable bonds is 2. The van der Waals surface area contributed by atoms with Gasteiger partial charge in [-0.15, -0.1) is 0 Å². The molecule has 1 N–H and O–H groups in total. The first kappa shape index (κ1) is 13.2. The Morgan fingerprint density at radius 1 is 1.27 bits per heavy atom. The van der Waals surface area contributed by atoms with Gasteiger partial charge in [-0.25, -0.2) is 0 Å². The summed E-state index contributed by atoms with van der Waals surface area (Å²) in [6, 6.07) is 8.62. The number of carbonyl (C=O) groups excluding carboxylic acids is 1. The van der Waals surface area contributed by atoms with E-state index in [9.17, 15) is 18.0 Å². The third-order valence-corrected chi connectivity index (χ3v) is 1.23. The fourth-order valence-corrected chi connectivity index (χ4v) is 0.729. The van der Waals surface area contributed by atoms with E-state index in [1.165, 1.54) is 0 Å². The summed E-state index contributed by atoms with van der Waals surface area (Å²) in [4.78, 5) is 10.9. The van der Waals surface area contributed by atoms with Crippen LogP contribution in [-0.4, -0.2) is 23.9 Å². The number of alkyl halides is 3. The molecule has 82 valence electrons. The monoisotopic (exact) mass is 219 g/mol. The molecule has 0 bridgehead atoms. The van der Waals surface area contributed by atoms with Crippen molar-refractivity contribution in [2.24, 2.45) is 5.16 Å². The Labute approximate surface area is 83.8 Å². The lowest BCUT2D eigenvalue weighted by atomic mass is 10.1. The molecule has 1 rings (SSSR count). The van der Waals surface area contributed by atoms with Crippen molar-refractivity contribution in [3.8, 4) is 0 Å². The summed E-state index contributed by atoms with van der Waals surface area (Å²) >= 11 is 0. The van der Waals surface area contributed by atoms with Gasteiger partial charge in [-0.3, -0.25) is 4.79 Å². The van der Waals surface area contributed by atoms with Crippen LogP contribution in [0.3, 0.4) is 0 Å². The van der Waals surface area contributed by atoms with Gasteiger partial charge in [-0.1, -0.05) is 35.5 Å². The minimum atomic E-state index is -3.67. The molecule has 6 heteroatoms. The maximum absolute atomic E-state index is 10.9. The van der Waals surface area contributed by atoms with E-state index in [1.807, 2.05) is 6.07 Å². The van der Waals surface area contributed by atoms with E-state index in [2.05, 4.69) is 5.16 Å². The number of ketones is 1. The van der Waals surface area contributed by atoms with Gasteiger partial charge < -0.3 is 5.21 Å². The number of hydrogen-bond acceptors (Lipinski definition) is 3. The minimum Gasteiger partial charge on any atom is -0.411 e. The Morgan fingerprint density at radius 2 is 1.73 bits per heavy atom. The first-order chi connectivity index (χ1) is 7.07. The van der Waals surface area contributed by atoms with Crippen molar-refractivity contribution in [3.05, 3.63) is 35.9 Å². The second kappa shape index (κ2) is 7.54. The number of oxime groups is 1. The smallest absolute Gasteiger partial charge is 0.379 e. The minimum absolute atomic E-state index is 0.298. The zero-order valence-electron chi connectivity index (χ0n) is 7.48. The van der Waals surface area contributed by atoms with Crippen molar-refractivity contribution >= 4 is 12.0 Å². The van der Waals surface area contributed by atoms with Gasteiger partial charge in [0, 0.05) is 5.56 Å². The number of hydrogen-bond donors (Lipinski definition) is 1. The number of Topliss-reactive ketones (excluding diaryl/α,β-unsaturated/α-hetero) is 1. The quantitative estimate of drug-likeness (QED) is 0.359. The van der Waals surface area contributed by atoms with Crippen LogP contribution in [-0.2, 0) is 0 Å². The molecule has 0 saturated carbocycles. The third-order valence-electron chi connectivity index (χ3n) is 1.23. The second-order valence-corrected chi connectivity index (χ2v) is 2.22. The summed E-state index contributed by atoms with van der Waals surface area (Å²) in [5.74, 6) is -0.298. The predicted octanol–water partition coefficient (Wildman–Crippen LogP) is 2.51. The fraction of sp³-hybridized carbons (Fsp3) is 0.111. The van der Waals surface area contributed by atoms with Gasteiger partial charge in [0.25, 0.3) is 0 Å². The van der Waals surface area contributed by atoms with Crippen LogP contribution in [0.25, 0.3) is 0 Å². The van der Waals surface area contributed by atoms with Crippen LogP contribution in [0.2, 0.25) is 0 Å². The summed E-state index contributed by atoms with van der Waals surface area (Å²) < 4.78 is 29.0. The van der Waals surface area contributed by atoms with E-state index >= 15 is 0 Å². The average Bonchev–Trinajstić information content (AvgIpc) is 2.19. The summed E-state index contributed by atoms with van der Waals surface area (Å²) in [6.45, 7) is -3.67. The average molecular weight is 219 g/mol. The van der Waals surface area contributed by atoms with Crippen LogP contribution in [0.4, 0.5) is 13.2 Å². The first-order valence-electron chi connectivity index (χ1n) is 3.77. The zero-order chi connectivity index (χ0) is 11.7. The highest BCUT2D eigenvalue weighted by atomic mass is 19.4. The highest BCUT2D eigenvalue weighted by Crippen LogP contribution is 1.97. The normalized spacial score (nSPS) is 9.87. The van der Waals surface area contributed by atoms with Crippen molar-refractivity contribution in [2.45, 2.75) is 6.68 Å². The summed E-state index contributed by atoms with van der Waals surface area (Å²) in [6.07, 6.45) is 0.870. The Bertz CT molecular complexity index is 312. The van der Waals surface area contributed by atoms with Crippen molar-refractivity contribution in [3.63, 3.8) is 0 Å². The van der Waals surface area contributed by atoms with E-state index in [0.717, 1.165) is 6.21 Å². The van der Waals surface area contributed by atoms with Gasteiger partial charge in [0.1, 0.15) is 6.21 Å². The molecular formula is C9H8F3NO2. The van der Waals surface area contributed by atoms with Crippen molar-refractivity contribution in [1.29, 1.82) is 0 Å². The van der Waals surface area contributed by atoms with Crippen molar-refractivity contribution in [1.82, 2.24) is 0 Å². The molecule has 0 spiro atoms. The summed E-state index contributed by atoms with van der Waals surface area (Å²) in [7, 11) is 0. The molecule has 0 radical (unpaired) electrons. The molecule has 0 heterocycles. The van der Waals surface area contributed by atoms with E-state index < -0.39 is 6.68 Å². The van der Waals surface area contributed by atoms with Crippen LogP contribution in [0.5, 0.6) is 0 Å². The number of nitrogens with zero attached hydrogens (tertiary/aromatic N) is 1. The molecule has 0 unspecified atom stereocenters. The first-order valence-corrected chi connectivity index (χ1v) is 3.77. The van der Waals surface area contributed by atoms with Crippen LogP contribution in [0.1, 0.15) is 10.4 Å². The third kappa shape index (κ3) is 7.24. The molecule has 0 saturated heterocycles. The molecular weight excluding hydrogens is 211 g/mol. The lowest BCUT2D eigenvalue weighted by Gasteiger charge is -1.90. The van der Waals surface area contributed by atoms with E-state index in [0.29, 0.717) is 5.56 Å². The van der Waals surface area contributed by atoms with E-state index in [-0.39, 0.29) is 5.78 Å². The van der Waals surface area contributed by atoms with Crippen LogP contribution in [0.15, 0.2) is 35.5 Å². The molecule has 0 aliphatic heterocycles. The van der Waals surface area contributed by atoms with Gasteiger partial charge >= 0.3 is 6.68 Å². The molecule has 1 aromatic rings. The summed E-state index contributed by atoms with van der Waals surface area (Å²) in [5.41, 5.74) is 0.519. The number of halogens is 3. The highest BCUT2D eigenvalue weighted by molar-refractivity contribution is 6.35. The second-order valence-electron chi connectivity index (χ2n) is 2.22. The van der Waals surface area contributed by atoms with Gasteiger partial charge in [-0.2, -0.15) is 13.2 Å². The van der Waals surface area contributed by atoms with Gasteiger partial charge in [0.15, 0.2) is 0 Å². The lowest BCUT2D eigenvalue weighted by molar-refractivity contribution is 0.00819. The Balaban J connectivity index is 0.000000423. The topological polar surface area (TPSA) is 49.7 Å². The zero-order valence-corrected chi connectivity index (χ0v) is 7.48. The fourth-order valence-electron chi connectivity index (χ4n) is 0.729. The Kier molecular flexibility index (Phi) is 6.61. The number of benzene rings is 1. The largest absolute Gasteiger partial charge is 0.411 e. The lowest BCUT2D eigenvalue weighted by Crippen LogP contribution is -1.98. The SMILES string of the molecule is FC(F)F.O=C(C=NO)c1ccccc1. The highest BCUT2D eigenvalue weighted by Gasteiger charge is 1.98. The van der Waals surface area contributed by atoms with Gasteiger partial charge in [0.2, 0.25) is 5.78 Å². The number of carbonyl (C=O) groups is 1. The predicted molar refractivity (Wildman–Crippen MR) is 48.2 cm³/mol.